The molecule has 0 aromatic carbocycles. The molecular formula is C31H47N3O8S. The van der Waals surface area contributed by atoms with Gasteiger partial charge in [-0.15, -0.1) is 0 Å². The van der Waals surface area contributed by atoms with Gasteiger partial charge < -0.3 is 40.0 Å². The van der Waals surface area contributed by atoms with Crippen molar-refractivity contribution in [2.24, 2.45) is 39.4 Å². The predicted octanol–water partition coefficient (Wildman–Crippen LogP) is 2.05. The lowest BCUT2D eigenvalue weighted by Gasteiger charge is -2.66. The summed E-state index contributed by atoms with van der Waals surface area (Å²) in [6, 6.07) is 0. The molecule has 5 fully saturated rings. The number of cyclic esters (lactones) is 1. The average Bonchev–Trinajstić information content (AvgIpc) is 3.50. The van der Waals surface area contributed by atoms with Crippen LogP contribution >= 0.6 is 12.2 Å². The number of fused-ring (bicyclic) bond motifs is 5. The monoisotopic (exact) mass is 621 g/mol. The van der Waals surface area contributed by atoms with Gasteiger partial charge in [0.15, 0.2) is 11.4 Å². The molecule has 2 heterocycles. The average molecular weight is 622 g/mol. The molecular weight excluding hydrogens is 574 g/mol. The Kier molecular flexibility index (Phi) is 8.22. The van der Waals surface area contributed by atoms with Gasteiger partial charge in [-0.25, -0.2) is 4.79 Å². The summed E-state index contributed by atoms with van der Waals surface area (Å²) in [6.45, 7) is 4.29. The molecule has 6 rings (SSSR count). The Labute approximate surface area is 258 Å². The Bertz CT molecular complexity index is 1190. The van der Waals surface area contributed by atoms with Crippen LogP contribution in [0.25, 0.3) is 0 Å². The number of hydrazone groups is 1. The van der Waals surface area contributed by atoms with Crippen LogP contribution in [0.1, 0.15) is 78.1 Å². The number of carbonyl (C=O) groups excluding carboxylic acids is 1. The number of aliphatic hydroxyl groups excluding tert-OH is 1. The van der Waals surface area contributed by atoms with Crippen LogP contribution in [-0.4, -0.2) is 88.2 Å². The van der Waals surface area contributed by atoms with Crippen LogP contribution in [0.4, 0.5) is 0 Å². The third kappa shape index (κ3) is 4.96. The second-order valence-corrected chi connectivity index (χ2v) is 14.6. The van der Waals surface area contributed by atoms with Crippen molar-refractivity contribution in [3.63, 3.8) is 0 Å². The molecule has 6 N–H and O–H groups in total. The minimum atomic E-state index is -1.13. The van der Waals surface area contributed by atoms with Crippen LogP contribution in [0, 0.1) is 28.6 Å². The molecule has 43 heavy (non-hydrogen) atoms. The quantitative estimate of drug-likeness (QED) is 0.0969. The highest BCUT2D eigenvalue weighted by atomic mass is 32.1. The zero-order valence-electron chi connectivity index (χ0n) is 25.4. The molecule has 0 amide bonds. The number of hydrogen-bond acceptors (Lipinski definition) is 10. The molecule has 4 saturated carbocycles. The molecule has 0 radical (unpaired) electrons. The summed E-state index contributed by atoms with van der Waals surface area (Å²) < 4.78 is 23.1. The molecule has 4 aliphatic carbocycles. The van der Waals surface area contributed by atoms with E-state index in [-0.39, 0.29) is 41.0 Å². The predicted molar refractivity (Wildman–Crippen MR) is 161 cm³/mol. The van der Waals surface area contributed by atoms with E-state index in [1.807, 2.05) is 13.1 Å². The molecule has 0 aromatic heterocycles. The van der Waals surface area contributed by atoms with E-state index in [1.54, 1.807) is 13.2 Å². The zero-order chi connectivity index (χ0) is 30.8. The van der Waals surface area contributed by atoms with Gasteiger partial charge in [-0.05, 0) is 93.8 Å². The smallest absolute Gasteiger partial charge is 0.331 e. The highest BCUT2D eigenvalue weighted by Gasteiger charge is 2.71. The van der Waals surface area contributed by atoms with E-state index in [2.05, 4.69) is 17.5 Å². The van der Waals surface area contributed by atoms with Gasteiger partial charge in [-0.2, -0.15) is 5.10 Å². The van der Waals surface area contributed by atoms with E-state index < -0.39 is 40.5 Å². The van der Waals surface area contributed by atoms with E-state index in [0.29, 0.717) is 51.6 Å². The van der Waals surface area contributed by atoms with Crippen molar-refractivity contribution in [3.05, 3.63) is 11.6 Å². The van der Waals surface area contributed by atoms with Crippen molar-refractivity contribution in [3.8, 4) is 0 Å². The zero-order valence-corrected chi connectivity index (χ0v) is 26.2. The molecule has 11 nitrogen and oxygen atoms in total. The Morgan fingerprint density at radius 1 is 1.19 bits per heavy atom. The number of methoxy groups -OCH3 is 1. The minimum Gasteiger partial charge on any atom is -0.458 e. The SMILES string of the molecule is CO[C@@H]1C[C@H](O[C@@H]2CC[C@]3(/C=N/NC(N)=S)[C@H]4CC[C@]5(C)[C@H](C6=CC(=O)OC6)CC[C@]5(O)[C@@H]4CC[C@]3(O)C2)O[C@@H](C)[C@H]1O. The van der Waals surface area contributed by atoms with E-state index in [1.165, 1.54) is 0 Å². The summed E-state index contributed by atoms with van der Waals surface area (Å²) in [7, 11) is 1.58. The number of carbonyl (C=O) groups is 1. The number of nitrogens with zero attached hydrogens (tertiary/aromatic N) is 1. The largest absolute Gasteiger partial charge is 0.458 e. The summed E-state index contributed by atoms with van der Waals surface area (Å²) >= 11 is 5.01. The first-order chi connectivity index (χ1) is 20.4. The molecule has 12 heteroatoms. The summed E-state index contributed by atoms with van der Waals surface area (Å²) in [4.78, 5) is 11.9. The maximum absolute atomic E-state index is 12.6. The molecule has 0 bridgehead atoms. The Morgan fingerprint density at radius 2 is 1.95 bits per heavy atom. The van der Waals surface area contributed by atoms with E-state index in [0.717, 1.165) is 24.8 Å². The van der Waals surface area contributed by atoms with Gasteiger partial charge in [0.2, 0.25) is 0 Å². The molecule has 0 spiro atoms. The molecule has 0 unspecified atom stereocenters. The van der Waals surface area contributed by atoms with Crippen molar-refractivity contribution < 1.29 is 39.1 Å². The van der Waals surface area contributed by atoms with Crippen molar-refractivity contribution in [1.29, 1.82) is 0 Å². The fourth-order valence-corrected chi connectivity index (χ4v) is 10.3. The molecule has 2 aliphatic heterocycles. The van der Waals surface area contributed by atoms with Gasteiger partial charge in [0.1, 0.15) is 12.7 Å². The summed E-state index contributed by atoms with van der Waals surface area (Å²) in [5.41, 5.74) is 6.21. The number of nitrogens with one attached hydrogen (secondary N) is 1. The standard InChI is InChI=1S/C31H47N3O8S/c1-17-26(36)23(39-3)13-25(41-17)42-19-4-9-29(16-33-34-27(32)43)21-5-8-28(2)20(18-12-24(35)40-15-18)7-11-31(28,38)22(21)6-10-30(29,37)14-19/h12,16-17,19-23,25-26,36-38H,4-11,13-15H2,1-3H3,(H3,32,34,43)/b33-16+/t17-,19+,20-,21-,22+,23+,25-,26+,28+,29-,30-,31-/m0/s1. The van der Waals surface area contributed by atoms with E-state index >= 15 is 0 Å². The van der Waals surface area contributed by atoms with E-state index in [4.69, 9.17) is 36.9 Å². The number of ether oxygens (including phenoxy) is 4. The topological polar surface area (TPSA) is 165 Å². The number of thiocarbonyl (C=S) groups is 1. The first-order valence-corrected chi connectivity index (χ1v) is 16.2. The van der Waals surface area contributed by atoms with Gasteiger partial charge in [-0.3, -0.25) is 5.43 Å². The number of hydrogen-bond donors (Lipinski definition) is 5. The lowest BCUT2D eigenvalue weighted by Crippen LogP contribution is -2.69. The molecule has 240 valence electrons. The van der Waals surface area contributed by atoms with Crippen LogP contribution in [-0.2, 0) is 23.7 Å². The first kappa shape index (κ1) is 31.3. The minimum absolute atomic E-state index is 0.0182. The molecule has 1 saturated heterocycles. The van der Waals surface area contributed by atoms with Gasteiger partial charge in [0.05, 0.1) is 29.5 Å². The second-order valence-electron chi connectivity index (χ2n) is 14.1. The van der Waals surface area contributed by atoms with Gasteiger partial charge in [0.25, 0.3) is 0 Å². The molecule has 6 aliphatic rings. The summed E-state index contributed by atoms with van der Waals surface area (Å²) in [5, 5.41) is 40.1. The Hall–Kier alpha value is -1.67. The Morgan fingerprint density at radius 3 is 2.65 bits per heavy atom. The third-order valence-corrected chi connectivity index (χ3v) is 12.5. The summed E-state index contributed by atoms with van der Waals surface area (Å²) in [6.07, 6.45) is 7.39. The van der Waals surface area contributed by atoms with Crippen molar-refractivity contribution >= 4 is 29.5 Å². The van der Waals surface area contributed by atoms with Crippen LogP contribution in [0.2, 0.25) is 0 Å². The van der Waals surface area contributed by atoms with Crippen molar-refractivity contribution in [2.75, 3.05) is 13.7 Å². The van der Waals surface area contributed by atoms with Crippen LogP contribution in [0.3, 0.4) is 0 Å². The molecule has 12 atom stereocenters. The van der Waals surface area contributed by atoms with Crippen LogP contribution < -0.4 is 11.2 Å². The molecule has 0 aromatic rings. The van der Waals surface area contributed by atoms with Gasteiger partial charge in [0, 0.05) is 43.1 Å². The van der Waals surface area contributed by atoms with Crippen LogP contribution in [0.5, 0.6) is 0 Å². The highest BCUT2D eigenvalue weighted by Crippen LogP contribution is 2.70. The lowest BCUT2D eigenvalue weighted by atomic mass is 9.41. The van der Waals surface area contributed by atoms with Gasteiger partial charge >= 0.3 is 5.97 Å². The van der Waals surface area contributed by atoms with E-state index in [9.17, 15) is 20.1 Å². The van der Waals surface area contributed by atoms with Crippen molar-refractivity contribution in [2.45, 2.75) is 120 Å². The maximum Gasteiger partial charge on any atom is 0.331 e. The van der Waals surface area contributed by atoms with Gasteiger partial charge in [-0.1, -0.05) is 6.92 Å². The number of rotatable bonds is 6. The number of aliphatic hydroxyl groups is 3. The highest BCUT2D eigenvalue weighted by molar-refractivity contribution is 7.80. The summed E-state index contributed by atoms with van der Waals surface area (Å²) in [5.74, 6) is -0.277. The van der Waals surface area contributed by atoms with Crippen LogP contribution in [0.15, 0.2) is 16.8 Å². The fourth-order valence-electron chi connectivity index (χ4n) is 10.2. The second kappa shape index (κ2) is 11.3. The van der Waals surface area contributed by atoms with Crippen molar-refractivity contribution in [1.82, 2.24) is 5.43 Å². The Balaban J connectivity index is 1.27. The first-order valence-electron chi connectivity index (χ1n) is 15.8. The third-order valence-electron chi connectivity index (χ3n) is 12.4. The lowest BCUT2D eigenvalue weighted by molar-refractivity contribution is -0.284. The number of nitrogens with two attached hydrogens (primary N) is 1. The normalized spacial score (nSPS) is 49.5. The maximum atomic E-state index is 12.6. The fraction of sp³-hybridized carbons (Fsp3) is 0.839. The number of esters is 1.